The summed E-state index contributed by atoms with van der Waals surface area (Å²) in [7, 11) is 1.14. The van der Waals surface area contributed by atoms with Crippen LogP contribution in [-0.4, -0.2) is 65.5 Å². The molecule has 214 valence electrons. The number of thioether (sulfide) groups is 2. The number of ether oxygens (including phenoxy) is 5. The average molecular weight is 593 g/mol. The molecule has 0 aliphatic heterocycles. The van der Waals surface area contributed by atoms with Crippen LogP contribution in [0, 0.1) is 5.92 Å². The van der Waals surface area contributed by atoms with Crippen LogP contribution in [0.2, 0.25) is 0 Å². The first-order chi connectivity index (χ1) is 19.0. The zero-order valence-electron chi connectivity index (χ0n) is 22.0. The Bertz CT molecular complexity index is 1180. The van der Waals surface area contributed by atoms with Gasteiger partial charge in [-0.25, -0.2) is 19.2 Å². The lowest BCUT2D eigenvalue weighted by molar-refractivity contribution is -0.146. The number of esters is 3. The Hall–Kier alpha value is -3.84. The van der Waals surface area contributed by atoms with Gasteiger partial charge in [0.05, 0.1) is 28.9 Å². The van der Waals surface area contributed by atoms with Crippen LogP contribution in [0.5, 0.6) is 0 Å². The molecule has 0 unspecified atom stereocenters. The van der Waals surface area contributed by atoms with Crippen molar-refractivity contribution < 1.29 is 52.5 Å². The summed E-state index contributed by atoms with van der Waals surface area (Å²) >= 11 is 1.16. The van der Waals surface area contributed by atoms with Crippen molar-refractivity contribution in [1.82, 2.24) is 0 Å². The van der Waals surface area contributed by atoms with E-state index in [9.17, 15) is 28.8 Å². The highest BCUT2D eigenvalue weighted by molar-refractivity contribution is 8.15. The molecule has 0 aliphatic carbocycles. The number of hydrogen-bond acceptors (Lipinski definition) is 13. The van der Waals surface area contributed by atoms with Crippen LogP contribution in [0.3, 0.4) is 0 Å². The Kier molecular flexibility index (Phi) is 13.2. The van der Waals surface area contributed by atoms with E-state index in [-0.39, 0.29) is 23.3 Å². The number of carbonyl (C=O) groups excluding carboxylic acids is 6. The van der Waals surface area contributed by atoms with Crippen LogP contribution >= 0.6 is 23.5 Å². The maximum atomic E-state index is 12.9. The number of benzene rings is 2. The molecule has 0 radical (unpaired) electrons. The van der Waals surface area contributed by atoms with Gasteiger partial charge in [-0.05, 0) is 61.6 Å². The molecule has 0 heterocycles. The molecule has 11 nitrogen and oxygen atoms in total. The molecule has 0 aliphatic rings. The van der Waals surface area contributed by atoms with Crippen molar-refractivity contribution in [1.29, 1.82) is 0 Å². The van der Waals surface area contributed by atoms with E-state index in [1.54, 1.807) is 36.4 Å². The quantitative estimate of drug-likeness (QED) is 0.177. The van der Waals surface area contributed by atoms with E-state index in [1.807, 2.05) is 0 Å². The van der Waals surface area contributed by atoms with Crippen molar-refractivity contribution in [2.45, 2.75) is 25.0 Å². The molecule has 0 N–H and O–H groups in total. The maximum absolute atomic E-state index is 12.9. The van der Waals surface area contributed by atoms with Crippen molar-refractivity contribution >= 4 is 57.8 Å². The first kappa shape index (κ1) is 32.4. The molecule has 0 saturated heterocycles. The lowest BCUT2D eigenvalue weighted by Gasteiger charge is -2.23. The van der Waals surface area contributed by atoms with Crippen LogP contribution in [-0.2, 0) is 33.3 Å². The molecule has 0 spiro atoms. The summed E-state index contributed by atoms with van der Waals surface area (Å²) < 4.78 is 22.9. The van der Waals surface area contributed by atoms with Crippen LogP contribution in [0.4, 0.5) is 9.59 Å². The van der Waals surface area contributed by atoms with Gasteiger partial charge in [0.2, 0.25) is 13.6 Å². The minimum atomic E-state index is -1.32. The normalized spacial score (nSPS) is 11.5. The molecule has 2 rings (SSSR count). The van der Waals surface area contributed by atoms with Gasteiger partial charge in [-0.2, -0.15) is 0 Å². The number of methoxy groups -OCH3 is 1. The van der Waals surface area contributed by atoms with Crippen LogP contribution in [0.15, 0.2) is 60.7 Å². The largest absolute Gasteiger partial charge is 0.469 e. The fourth-order valence-corrected chi connectivity index (χ4v) is 4.37. The third-order valence-electron chi connectivity index (χ3n) is 5.13. The second-order valence-corrected chi connectivity index (χ2v) is 10.9. The first-order valence-electron chi connectivity index (χ1n) is 11.7. The zero-order valence-corrected chi connectivity index (χ0v) is 23.6. The lowest BCUT2D eigenvalue weighted by Crippen LogP contribution is -2.34. The van der Waals surface area contributed by atoms with Gasteiger partial charge in [-0.15, -0.1) is 0 Å². The van der Waals surface area contributed by atoms with E-state index >= 15 is 0 Å². The zero-order chi connectivity index (χ0) is 29.5. The molecule has 0 saturated carbocycles. The summed E-state index contributed by atoms with van der Waals surface area (Å²) in [5, 5.41) is -1.69. The third kappa shape index (κ3) is 11.1. The van der Waals surface area contributed by atoms with Gasteiger partial charge in [-0.3, -0.25) is 9.59 Å². The summed E-state index contributed by atoms with van der Waals surface area (Å²) in [6, 6.07) is 16.2. The molecular formula is C27H28O11S2. The average Bonchev–Trinajstić information content (AvgIpc) is 2.95. The Balaban J connectivity index is 1.78. The molecule has 2 aromatic rings. The van der Waals surface area contributed by atoms with Crippen LogP contribution < -0.4 is 0 Å². The van der Waals surface area contributed by atoms with E-state index in [2.05, 4.69) is 0 Å². The van der Waals surface area contributed by atoms with Crippen molar-refractivity contribution in [2.24, 2.45) is 5.92 Å². The number of carbonyl (C=O) groups is 6. The van der Waals surface area contributed by atoms with E-state index in [1.165, 1.54) is 38.1 Å². The van der Waals surface area contributed by atoms with Crippen molar-refractivity contribution in [3.8, 4) is 0 Å². The molecule has 1 atom stereocenters. The monoisotopic (exact) mass is 592 g/mol. The third-order valence-corrected chi connectivity index (χ3v) is 7.08. The summed E-state index contributed by atoms with van der Waals surface area (Å²) in [6.45, 7) is 1.66. The molecule has 40 heavy (non-hydrogen) atoms. The van der Waals surface area contributed by atoms with Crippen LogP contribution in [0.1, 0.15) is 41.0 Å². The predicted molar refractivity (Wildman–Crippen MR) is 146 cm³/mol. The summed E-state index contributed by atoms with van der Waals surface area (Å²) in [4.78, 5) is 73.2. The minimum absolute atomic E-state index is 0.162. The van der Waals surface area contributed by atoms with Crippen molar-refractivity contribution in [3.63, 3.8) is 0 Å². The number of Topliss-reactive ketones (excluding diaryl/α,β-unsaturated/α-hetero) is 1. The summed E-state index contributed by atoms with van der Waals surface area (Å²) in [5.41, 5.74) is 0.568. The number of rotatable bonds is 13. The molecular weight excluding hydrogens is 564 g/mol. The van der Waals surface area contributed by atoms with Gasteiger partial charge < -0.3 is 23.7 Å². The smallest absolute Gasteiger partial charge is 0.371 e. The Morgan fingerprint density at radius 3 is 1.68 bits per heavy atom. The Morgan fingerprint density at radius 1 is 0.725 bits per heavy atom. The van der Waals surface area contributed by atoms with Gasteiger partial charge >= 0.3 is 28.5 Å². The maximum Gasteiger partial charge on any atom is 0.371 e. The minimum Gasteiger partial charge on any atom is -0.469 e. The second kappa shape index (κ2) is 16.3. The standard InChI is InChI=1S/C27H28O11S2/c1-27(2,40-26(33)38-17-36-24(31)19-12-8-5-9-13-19)21(28)14-20(22(29)34-3)15-39-25(32)37-16-35-23(30)18-10-6-4-7-11-18/h4-13,20H,14-17H2,1-3H3/t20-/m0/s1. The van der Waals surface area contributed by atoms with Gasteiger partial charge in [0.25, 0.3) is 0 Å². The fraction of sp³-hybridized carbons (Fsp3) is 0.333. The van der Waals surface area contributed by atoms with Gasteiger partial charge in [0, 0.05) is 12.2 Å². The second-order valence-electron chi connectivity index (χ2n) is 8.39. The van der Waals surface area contributed by atoms with E-state index in [4.69, 9.17) is 23.7 Å². The van der Waals surface area contributed by atoms with Crippen molar-refractivity contribution in [3.05, 3.63) is 71.8 Å². The topological polar surface area (TPSA) is 149 Å². The van der Waals surface area contributed by atoms with E-state index in [0.29, 0.717) is 23.5 Å². The van der Waals surface area contributed by atoms with Crippen molar-refractivity contribution in [2.75, 3.05) is 26.4 Å². The van der Waals surface area contributed by atoms with Gasteiger partial charge in [0.15, 0.2) is 0 Å². The Morgan fingerprint density at radius 2 is 1.20 bits per heavy atom. The number of hydrogen-bond donors (Lipinski definition) is 0. The molecule has 0 bridgehead atoms. The van der Waals surface area contributed by atoms with Gasteiger partial charge in [0.1, 0.15) is 5.78 Å². The summed E-state index contributed by atoms with van der Waals surface area (Å²) in [6.07, 6.45) is -0.341. The fourth-order valence-electron chi connectivity index (χ4n) is 2.93. The SMILES string of the molecule is COC(=O)[C@H](CSC(=O)OCOC(=O)c1ccccc1)CC(=O)C(C)(C)SC(=O)OCOC(=O)c1ccccc1. The summed E-state index contributed by atoms with van der Waals surface area (Å²) in [5.74, 6) is -3.77. The number of ketones is 1. The highest BCUT2D eigenvalue weighted by Crippen LogP contribution is 2.31. The van der Waals surface area contributed by atoms with Gasteiger partial charge in [-0.1, -0.05) is 36.4 Å². The molecule has 0 fully saturated rings. The predicted octanol–water partition coefficient (Wildman–Crippen LogP) is 4.88. The van der Waals surface area contributed by atoms with E-state index in [0.717, 1.165) is 7.11 Å². The molecule has 0 amide bonds. The lowest BCUT2D eigenvalue weighted by atomic mass is 9.97. The highest BCUT2D eigenvalue weighted by atomic mass is 32.2. The highest BCUT2D eigenvalue weighted by Gasteiger charge is 2.36. The molecule has 2 aromatic carbocycles. The molecule has 0 aromatic heterocycles. The Labute approximate surface area is 239 Å². The van der Waals surface area contributed by atoms with Crippen LogP contribution in [0.25, 0.3) is 0 Å². The molecule has 13 heteroatoms. The van der Waals surface area contributed by atoms with E-state index < -0.39 is 58.5 Å². The first-order valence-corrected chi connectivity index (χ1v) is 13.5.